The Morgan fingerprint density at radius 3 is 2.68 bits per heavy atom. The zero-order chi connectivity index (χ0) is 18.0. The topological polar surface area (TPSA) is 105 Å². The average molecular weight is 361 g/mol. The number of thioether (sulfide) groups is 1. The van der Waals surface area contributed by atoms with Gasteiger partial charge in [0.2, 0.25) is 5.91 Å². The van der Waals surface area contributed by atoms with Crippen LogP contribution in [0.25, 0.3) is 6.08 Å². The third kappa shape index (κ3) is 4.00. The molecule has 2 aliphatic heterocycles. The summed E-state index contributed by atoms with van der Waals surface area (Å²) in [5.41, 5.74) is 1.38. The Balaban J connectivity index is 1.67. The Kier molecular flexibility index (Phi) is 4.75. The summed E-state index contributed by atoms with van der Waals surface area (Å²) in [5.74, 6) is -0.595. The van der Waals surface area contributed by atoms with Crippen molar-refractivity contribution in [2.45, 2.75) is 13.0 Å². The third-order valence-electron chi connectivity index (χ3n) is 3.60. The Morgan fingerprint density at radius 1 is 1.36 bits per heavy atom. The Morgan fingerprint density at radius 2 is 2.08 bits per heavy atom. The second-order valence-electron chi connectivity index (χ2n) is 5.50. The molecular weight excluding hydrogens is 346 g/mol. The van der Waals surface area contributed by atoms with Gasteiger partial charge in [-0.1, -0.05) is 12.1 Å². The molecule has 130 valence electrons. The number of hydrogen-bond donors (Lipinski definition) is 2. The number of imide groups is 1. The van der Waals surface area contributed by atoms with Crippen LogP contribution in [0.1, 0.15) is 12.5 Å². The number of nitrogens with zero attached hydrogens (tertiary/aromatic N) is 1. The van der Waals surface area contributed by atoms with Crippen molar-refractivity contribution in [2.75, 3.05) is 18.0 Å². The number of hydrogen-bond acceptors (Lipinski definition) is 6. The molecule has 25 heavy (non-hydrogen) atoms. The standard InChI is InChI=1S/C16H15N3O5S/c1-9(20)17-7-12-8-19(16(23)24-12)11-4-2-10(3-5-11)6-13-14(21)18-15(22)25-13/h2-6,12H,7-8H2,1H3,(H,17,20)(H,18,21,22)/b13-6-/t12-/m0/s1. The molecule has 0 aliphatic carbocycles. The fourth-order valence-electron chi connectivity index (χ4n) is 2.42. The summed E-state index contributed by atoms with van der Waals surface area (Å²) in [7, 11) is 0. The highest BCUT2D eigenvalue weighted by Crippen LogP contribution is 2.27. The first-order chi connectivity index (χ1) is 11.9. The first kappa shape index (κ1) is 17.0. The fraction of sp³-hybridized carbons (Fsp3) is 0.250. The van der Waals surface area contributed by atoms with Crippen molar-refractivity contribution in [2.24, 2.45) is 0 Å². The highest BCUT2D eigenvalue weighted by molar-refractivity contribution is 8.18. The summed E-state index contributed by atoms with van der Waals surface area (Å²) in [6.45, 7) is 2.01. The minimum Gasteiger partial charge on any atom is -0.442 e. The highest BCUT2D eigenvalue weighted by atomic mass is 32.2. The van der Waals surface area contributed by atoms with Gasteiger partial charge >= 0.3 is 6.09 Å². The van der Waals surface area contributed by atoms with Gasteiger partial charge in [0.15, 0.2) is 0 Å². The molecule has 9 heteroatoms. The van der Waals surface area contributed by atoms with Gasteiger partial charge in [-0.05, 0) is 35.5 Å². The summed E-state index contributed by atoms with van der Waals surface area (Å²) in [6, 6.07) is 6.95. The molecule has 2 heterocycles. The molecule has 1 aromatic rings. The smallest absolute Gasteiger partial charge is 0.414 e. The molecule has 2 saturated heterocycles. The van der Waals surface area contributed by atoms with E-state index >= 15 is 0 Å². The van der Waals surface area contributed by atoms with Gasteiger partial charge in [0.05, 0.1) is 18.0 Å². The van der Waals surface area contributed by atoms with Crippen LogP contribution < -0.4 is 15.5 Å². The normalized spacial score (nSPS) is 21.5. The Hall–Kier alpha value is -2.81. The van der Waals surface area contributed by atoms with Crippen molar-refractivity contribution in [3.05, 3.63) is 34.7 Å². The minimum absolute atomic E-state index is 0.181. The molecule has 3 rings (SSSR count). The molecule has 0 bridgehead atoms. The van der Waals surface area contributed by atoms with Crippen molar-refractivity contribution in [1.82, 2.24) is 10.6 Å². The van der Waals surface area contributed by atoms with Crippen LogP contribution in [0, 0.1) is 0 Å². The van der Waals surface area contributed by atoms with E-state index in [0.717, 1.165) is 17.3 Å². The maximum absolute atomic E-state index is 12.0. The number of amides is 4. The molecule has 0 unspecified atom stereocenters. The molecule has 0 spiro atoms. The van der Waals surface area contributed by atoms with Gasteiger partial charge in [-0.15, -0.1) is 0 Å². The largest absolute Gasteiger partial charge is 0.442 e. The van der Waals surface area contributed by atoms with Crippen LogP contribution in [-0.2, 0) is 14.3 Å². The molecule has 1 atom stereocenters. The predicted molar refractivity (Wildman–Crippen MR) is 91.8 cm³/mol. The van der Waals surface area contributed by atoms with E-state index in [9.17, 15) is 19.2 Å². The van der Waals surface area contributed by atoms with Gasteiger partial charge in [0, 0.05) is 12.6 Å². The molecule has 2 aliphatic rings. The van der Waals surface area contributed by atoms with E-state index in [0.29, 0.717) is 17.1 Å². The van der Waals surface area contributed by atoms with Gasteiger partial charge in [0.25, 0.3) is 11.1 Å². The van der Waals surface area contributed by atoms with Crippen LogP contribution in [0.4, 0.5) is 15.3 Å². The second-order valence-corrected chi connectivity index (χ2v) is 6.51. The van der Waals surface area contributed by atoms with Crippen molar-refractivity contribution in [1.29, 1.82) is 0 Å². The second kappa shape index (κ2) is 6.98. The number of rotatable bonds is 4. The predicted octanol–water partition coefficient (Wildman–Crippen LogP) is 1.47. The van der Waals surface area contributed by atoms with Gasteiger partial charge in [-0.25, -0.2) is 4.79 Å². The van der Waals surface area contributed by atoms with Crippen molar-refractivity contribution < 1.29 is 23.9 Å². The lowest BCUT2D eigenvalue weighted by Gasteiger charge is -2.13. The summed E-state index contributed by atoms with van der Waals surface area (Å²) in [4.78, 5) is 47.4. The third-order valence-corrected chi connectivity index (χ3v) is 4.41. The van der Waals surface area contributed by atoms with E-state index in [4.69, 9.17) is 4.74 Å². The first-order valence-electron chi connectivity index (χ1n) is 7.50. The minimum atomic E-state index is -0.474. The van der Waals surface area contributed by atoms with Gasteiger partial charge in [-0.3, -0.25) is 24.6 Å². The van der Waals surface area contributed by atoms with E-state index in [1.807, 2.05) is 0 Å². The maximum Gasteiger partial charge on any atom is 0.414 e. The Labute approximate surface area is 147 Å². The molecule has 4 amide bonds. The monoisotopic (exact) mass is 361 g/mol. The Bertz CT molecular complexity index is 774. The van der Waals surface area contributed by atoms with E-state index in [1.54, 1.807) is 30.3 Å². The average Bonchev–Trinajstić information content (AvgIpc) is 3.08. The lowest BCUT2D eigenvalue weighted by atomic mass is 10.1. The van der Waals surface area contributed by atoms with Gasteiger partial charge in [-0.2, -0.15) is 0 Å². The number of anilines is 1. The lowest BCUT2D eigenvalue weighted by Crippen LogP contribution is -2.33. The number of benzene rings is 1. The summed E-state index contributed by atoms with van der Waals surface area (Å²) < 4.78 is 5.21. The molecule has 8 nitrogen and oxygen atoms in total. The van der Waals surface area contributed by atoms with Crippen LogP contribution in [0.3, 0.4) is 0 Å². The molecule has 0 aromatic heterocycles. The molecule has 0 radical (unpaired) electrons. The zero-order valence-electron chi connectivity index (χ0n) is 13.3. The summed E-state index contributed by atoms with van der Waals surface area (Å²) in [5, 5.41) is 4.42. The van der Waals surface area contributed by atoms with E-state index in [1.165, 1.54) is 11.8 Å². The number of nitrogens with one attached hydrogen (secondary N) is 2. The van der Waals surface area contributed by atoms with Crippen LogP contribution in [-0.4, -0.2) is 42.3 Å². The maximum atomic E-state index is 12.0. The number of ether oxygens (including phenoxy) is 1. The molecule has 2 N–H and O–H groups in total. The van der Waals surface area contributed by atoms with E-state index in [2.05, 4.69) is 10.6 Å². The van der Waals surface area contributed by atoms with Crippen molar-refractivity contribution in [3.63, 3.8) is 0 Å². The number of carbonyl (C=O) groups is 4. The van der Waals surface area contributed by atoms with Crippen LogP contribution in [0.2, 0.25) is 0 Å². The fourth-order valence-corrected chi connectivity index (χ4v) is 3.10. The SMILES string of the molecule is CC(=O)NC[C@H]1CN(c2ccc(/C=C3\SC(=O)NC3=O)cc2)C(=O)O1. The van der Waals surface area contributed by atoms with Crippen molar-refractivity contribution >= 4 is 46.7 Å². The first-order valence-corrected chi connectivity index (χ1v) is 8.31. The van der Waals surface area contributed by atoms with Crippen LogP contribution in [0.15, 0.2) is 29.2 Å². The van der Waals surface area contributed by atoms with Crippen molar-refractivity contribution in [3.8, 4) is 0 Å². The molecule has 1 aromatic carbocycles. The molecular formula is C16H15N3O5S. The summed E-state index contributed by atoms with van der Waals surface area (Å²) >= 11 is 0.849. The highest BCUT2D eigenvalue weighted by Gasteiger charge is 2.32. The van der Waals surface area contributed by atoms with E-state index < -0.39 is 23.3 Å². The molecule has 0 saturated carbocycles. The number of carbonyl (C=O) groups excluding carboxylic acids is 4. The zero-order valence-corrected chi connectivity index (χ0v) is 14.1. The van der Waals surface area contributed by atoms with E-state index in [-0.39, 0.29) is 12.5 Å². The molecule has 2 fully saturated rings. The van der Waals surface area contributed by atoms with Crippen LogP contribution >= 0.6 is 11.8 Å². The summed E-state index contributed by atoms with van der Waals surface area (Å²) in [6.07, 6.45) is 0.733. The van der Waals surface area contributed by atoms with Crippen LogP contribution in [0.5, 0.6) is 0 Å². The van der Waals surface area contributed by atoms with Gasteiger partial charge in [0.1, 0.15) is 6.10 Å². The lowest BCUT2D eigenvalue weighted by molar-refractivity contribution is -0.119. The number of cyclic esters (lactones) is 1. The quantitative estimate of drug-likeness (QED) is 0.787. The van der Waals surface area contributed by atoms with Gasteiger partial charge < -0.3 is 10.1 Å².